The first-order chi connectivity index (χ1) is 17.1. The molecule has 8 nitrogen and oxygen atoms in total. The molecule has 1 fully saturated rings. The molecule has 2 aromatic heterocycles. The van der Waals surface area contributed by atoms with E-state index in [1.165, 1.54) is 41.6 Å². The SMILES string of the molecule is C#Cc1nc(NC(=O)N(C)[C@@H](COC(N)=O)c2ccc(-c3ccc(F)cc3C3CC3(F)F)cn2)cs1. The molecule has 2 heterocycles. The molecule has 4 rings (SSSR count). The highest BCUT2D eigenvalue weighted by molar-refractivity contribution is 7.10. The van der Waals surface area contributed by atoms with Gasteiger partial charge in [0.15, 0.2) is 5.01 Å². The Bertz CT molecular complexity index is 1340. The number of ether oxygens (including phenoxy) is 1. The number of halogens is 3. The van der Waals surface area contributed by atoms with Crippen molar-refractivity contribution in [2.24, 2.45) is 5.73 Å². The van der Waals surface area contributed by atoms with Gasteiger partial charge in [0.2, 0.25) is 0 Å². The largest absolute Gasteiger partial charge is 0.447 e. The molecule has 2 atom stereocenters. The van der Waals surface area contributed by atoms with E-state index in [-0.39, 0.29) is 24.4 Å². The summed E-state index contributed by atoms with van der Waals surface area (Å²) >= 11 is 1.18. The van der Waals surface area contributed by atoms with E-state index in [2.05, 4.69) is 21.2 Å². The van der Waals surface area contributed by atoms with E-state index in [4.69, 9.17) is 16.9 Å². The number of aromatic nitrogens is 2. The Kier molecular flexibility index (Phi) is 6.85. The molecule has 186 valence electrons. The number of urea groups is 1. The number of terminal acetylenes is 1. The van der Waals surface area contributed by atoms with Crippen LogP contribution in [0.5, 0.6) is 0 Å². The lowest BCUT2D eigenvalue weighted by atomic mass is 9.97. The van der Waals surface area contributed by atoms with Crippen LogP contribution in [0.15, 0.2) is 41.9 Å². The molecule has 0 spiro atoms. The number of nitrogens with two attached hydrogens (primary N) is 1. The van der Waals surface area contributed by atoms with Crippen molar-refractivity contribution >= 4 is 29.3 Å². The summed E-state index contributed by atoms with van der Waals surface area (Å²) in [7, 11) is 1.46. The Hall–Kier alpha value is -4.11. The summed E-state index contributed by atoms with van der Waals surface area (Å²) < 4.78 is 46.2. The van der Waals surface area contributed by atoms with Crippen LogP contribution in [0.1, 0.15) is 34.6 Å². The molecule has 3 N–H and O–H groups in total. The Balaban J connectivity index is 1.58. The second kappa shape index (κ2) is 9.87. The van der Waals surface area contributed by atoms with E-state index in [0.717, 1.165) is 6.07 Å². The molecule has 36 heavy (non-hydrogen) atoms. The van der Waals surface area contributed by atoms with Gasteiger partial charge in [0.05, 0.1) is 11.6 Å². The molecule has 0 saturated heterocycles. The smallest absolute Gasteiger partial charge is 0.404 e. The number of pyridine rings is 1. The monoisotopic (exact) mass is 515 g/mol. The molecule has 1 aliphatic rings. The fraction of sp³-hybridized carbons (Fsp3) is 0.250. The molecular weight excluding hydrogens is 495 g/mol. The lowest BCUT2D eigenvalue weighted by Gasteiger charge is -2.27. The standard InChI is InChI=1S/C24H20F3N5O3S/c1-3-21-30-20(12-36-21)31-23(34)32(2)19(11-35-22(28)33)18-7-4-13(10-29-18)15-6-5-14(25)8-16(15)17-9-24(17,26)27/h1,4-8,10,12,17,19H,9,11H2,2H3,(H2,28,33)(H,31,34)/t17?,19-/m0/s1. The zero-order valence-corrected chi connectivity index (χ0v) is 19.7. The average Bonchev–Trinajstić information content (AvgIpc) is 3.25. The molecule has 1 unspecified atom stereocenters. The Morgan fingerprint density at radius 1 is 1.39 bits per heavy atom. The molecule has 3 amide bonds. The number of hydrogen-bond donors (Lipinski definition) is 2. The Morgan fingerprint density at radius 3 is 2.72 bits per heavy atom. The van der Waals surface area contributed by atoms with Gasteiger partial charge in [0.25, 0.3) is 5.92 Å². The van der Waals surface area contributed by atoms with Gasteiger partial charge in [-0.05, 0) is 35.2 Å². The fourth-order valence-corrected chi connectivity index (χ4v) is 4.24. The van der Waals surface area contributed by atoms with Crippen molar-refractivity contribution in [2.75, 3.05) is 19.0 Å². The third-order valence-corrected chi connectivity index (χ3v) is 6.46. The van der Waals surface area contributed by atoms with Crippen molar-refractivity contribution in [3.8, 4) is 23.5 Å². The molecule has 0 radical (unpaired) electrons. The number of primary amides is 1. The van der Waals surface area contributed by atoms with Crippen molar-refractivity contribution in [1.82, 2.24) is 14.9 Å². The minimum atomic E-state index is -2.87. The van der Waals surface area contributed by atoms with Gasteiger partial charge in [0.1, 0.15) is 24.3 Å². The second-order valence-electron chi connectivity index (χ2n) is 8.09. The number of alkyl halides is 2. The highest BCUT2D eigenvalue weighted by Crippen LogP contribution is 2.57. The summed E-state index contributed by atoms with van der Waals surface area (Å²) in [6.45, 7) is -0.297. The van der Waals surface area contributed by atoms with Crippen LogP contribution >= 0.6 is 11.3 Å². The molecule has 1 aliphatic carbocycles. The maximum absolute atomic E-state index is 13.8. The summed E-state index contributed by atoms with van der Waals surface area (Å²) in [5.41, 5.74) is 6.56. The number of carbonyl (C=O) groups excluding carboxylic acids is 2. The number of nitrogens with zero attached hydrogens (tertiary/aromatic N) is 3. The van der Waals surface area contributed by atoms with Crippen LogP contribution < -0.4 is 11.1 Å². The van der Waals surface area contributed by atoms with Crippen LogP contribution in [0.25, 0.3) is 11.1 Å². The van der Waals surface area contributed by atoms with Crippen LogP contribution in [-0.2, 0) is 4.74 Å². The average molecular weight is 516 g/mol. The number of rotatable bonds is 7. The van der Waals surface area contributed by atoms with E-state index >= 15 is 0 Å². The van der Waals surface area contributed by atoms with Gasteiger partial charge in [-0.2, -0.15) is 0 Å². The third kappa shape index (κ3) is 5.41. The maximum atomic E-state index is 13.8. The van der Waals surface area contributed by atoms with Crippen LogP contribution in [0, 0.1) is 18.2 Å². The fourth-order valence-electron chi connectivity index (χ4n) is 3.69. The number of likely N-dealkylation sites (N-methyl/N-ethyl adjacent to an activating group) is 1. The van der Waals surface area contributed by atoms with Gasteiger partial charge in [-0.25, -0.2) is 27.7 Å². The quantitative estimate of drug-likeness (QED) is 0.442. The topological polar surface area (TPSA) is 110 Å². The third-order valence-electron chi connectivity index (χ3n) is 5.69. The number of hydrogen-bond acceptors (Lipinski definition) is 6. The summed E-state index contributed by atoms with van der Waals surface area (Å²) in [6, 6.07) is 5.48. The minimum absolute atomic E-state index is 0.203. The van der Waals surface area contributed by atoms with Gasteiger partial charge < -0.3 is 15.4 Å². The first-order valence-corrected chi connectivity index (χ1v) is 11.5. The van der Waals surface area contributed by atoms with Gasteiger partial charge in [-0.1, -0.05) is 12.1 Å². The van der Waals surface area contributed by atoms with E-state index in [1.54, 1.807) is 17.5 Å². The van der Waals surface area contributed by atoms with Crippen molar-refractivity contribution in [1.29, 1.82) is 0 Å². The number of thiazole rings is 1. The van der Waals surface area contributed by atoms with Crippen molar-refractivity contribution in [3.05, 3.63) is 64.0 Å². The summed E-state index contributed by atoms with van der Waals surface area (Å²) in [5, 5.41) is 4.56. The van der Waals surface area contributed by atoms with Gasteiger partial charge in [0, 0.05) is 30.6 Å². The molecule has 1 aromatic carbocycles. The zero-order valence-electron chi connectivity index (χ0n) is 18.9. The predicted octanol–water partition coefficient (Wildman–Crippen LogP) is 4.75. The van der Waals surface area contributed by atoms with E-state index in [0.29, 0.717) is 21.8 Å². The summed E-state index contributed by atoms with van der Waals surface area (Å²) in [5.74, 6) is -1.91. The van der Waals surface area contributed by atoms with E-state index in [9.17, 15) is 22.8 Å². The first kappa shape index (κ1) is 25.0. The van der Waals surface area contributed by atoms with Crippen LogP contribution in [0.2, 0.25) is 0 Å². The lowest BCUT2D eigenvalue weighted by Crippen LogP contribution is -2.38. The molecule has 0 aliphatic heterocycles. The first-order valence-electron chi connectivity index (χ1n) is 10.6. The van der Waals surface area contributed by atoms with Crippen molar-refractivity contribution < 1.29 is 27.5 Å². The normalized spacial score (nSPS) is 16.5. The summed E-state index contributed by atoms with van der Waals surface area (Å²) in [6.07, 6.45) is 5.35. The van der Waals surface area contributed by atoms with Crippen LogP contribution in [0.3, 0.4) is 0 Å². The van der Waals surface area contributed by atoms with Gasteiger partial charge in [-0.15, -0.1) is 17.8 Å². The number of amides is 3. The molecular formula is C24H20F3N5O3S. The minimum Gasteiger partial charge on any atom is -0.447 e. The highest BCUT2D eigenvalue weighted by atomic mass is 32.1. The number of anilines is 1. The molecule has 12 heteroatoms. The molecule has 0 bridgehead atoms. The van der Waals surface area contributed by atoms with Crippen molar-refractivity contribution in [2.45, 2.75) is 24.3 Å². The van der Waals surface area contributed by atoms with Gasteiger partial charge in [-0.3, -0.25) is 10.3 Å². The second-order valence-corrected chi connectivity index (χ2v) is 8.95. The number of nitrogens with one attached hydrogen (secondary N) is 1. The number of carbonyl (C=O) groups is 2. The zero-order chi connectivity index (χ0) is 26.0. The summed E-state index contributed by atoms with van der Waals surface area (Å²) in [4.78, 5) is 33.7. The maximum Gasteiger partial charge on any atom is 0.404 e. The van der Waals surface area contributed by atoms with Crippen molar-refractivity contribution in [3.63, 3.8) is 0 Å². The van der Waals surface area contributed by atoms with Crippen LogP contribution in [-0.4, -0.2) is 46.6 Å². The Labute approximate surface area is 208 Å². The molecule has 3 aromatic rings. The van der Waals surface area contributed by atoms with E-state index < -0.39 is 35.8 Å². The molecule has 1 saturated carbocycles. The Morgan fingerprint density at radius 2 is 2.14 bits per heavy atom. The lowest BCUT2D eigenvalue weighted by molar-refractivity contribution is 0.112. The highest BCUT2D eigenvalue weighted by Gasteiger charge is 2.58. The predicted molar refractivity (Wildman–Crippen MR) is 127 cm³/mol. The van der Waals surface area contributed by atoms with Gasteiger partial charge >= 0.3 is 12.1 Å². The number of benzene rings is 1. The van der Waals surface area contributed by atoms with E-state index in [1.807, 2.05) is 0 Å². The van der Waals surface area contributed by atoms with Crippen LogP contribution in [0.4, 0.5) is 28.6 Å².